The molecule has 2 aromatic rings. The highest BCUT2D eigenvalue weighted by Gasteiger charge is 2.22. The monoisotopic (exact) mass is 396 g/mol. The van der Waals surface area contributed by atoms with Crippen molar-refractivity contribution in [2.75, 3.05) is 32.8 Å². The zero-order valence-corrected chi connectivity index (χ0v) is 16.8. The lowest BCUT2D eigenvalue weighted by molar-refractivity contribution is -0.131. The molecule has 1 heterocycles. The fourth-order valence-electron chi connectivity index (χ4n) is 3.47. The molecule has 1 fully saturated rings. The first-order valence-electron chi connectivity index (χ1n) is 10.1. The molecule has 1 N–H and O–H groups in total. The Bertz CT molecular complexity index is 852. The van der Waals surface area contributed by atoms with Crippen molar-refractivity contribution < 1.29 is 19.4 Å². The van der Waals surface area contributed by atoms with Gasteiger partial charge in [-0.05, 0) is 49.6 Å². The summed E-state index contributed by atoms with van der Waals surface area (Å²) in [6.07, 6.45) is 1.85. The topological polar surface area (TPSA) is 70.1 Å². The number of carbonyl (C=O) groups is 2. The number of aryl methyl sites for hydroxylation is 1. The van der Waals surface area contributed by atoms with E-state index in [9.17, 15) is 14.7 Å². The van der Waals surface area contributed by atoms with E-state index in [1.54, 1.807) is 23.1 Å². The lowest BCUT2D eigenvalue weighted by Gasteiger charge is -2.22. The standard InChI is InChI=1S/C23H28N2O4/c1-18-7-2-3-10-21(18)29-16-5-11-22(27)24-12-6-13-25(15-14-24)23(28)19-8-4-9-20(26)17-19/h2-4,7-10,17,26H,5-6,11-16H2,1H3. The van der Waals surface area contributed by atoms with Crippen LogP contribution in [0, 0.1) is 6.92 Å². The molecule has 0 spiro atoms. The van der Waals surface area contributed by atoms with Crippen molar-refractivity contribution in [1.29, 1.82) is 0 Å². The molecule has 0 unspecified atom stereocenters. The van der Waals surface area contributed by atoms with Crippen molar-refractivity contribution in [2.45, 2.75) is 26.2 Å². The molecule has 0 aromatic heterocycles. The minimum atomic E-state index is -0.109. The largest absolute Gasteiger partial charge is 0.508 e. The molecule has 0 radical (unpaired) electrons. The average Bonchev–Trinajstić information content (AvgIpc) is 2.98. The summed E-state index contributed by atoms with van der Waals surface area (Å²) < 4.78 is 5.76. The van der Waals surface area contributed by atoms with Gasteiger partial charge < -0.3 is 19.6 Å². The van der Waals surface area contributed by atoms with Gasteiger partial charge in [-0.2, -0.15) is 0 Å². The van der Waals surface area contributed by atoms with Crippen molar-refractivity contribution in [3.05, 3.63) is 59.7 Å². The highest BCUT2D eigenvalue weighted by Crippen LogP contribution is 2.17. The Balaban J connectivity index is 1.44. The summed E-state index contributed by atoms with van der Waals surface area (Å²) in [5.74, 6) is 0.929. The van der Waals surface area contributed by atoms with Crippen LogP contribution in [0.15, 0.2) is 48.5 Å². The van der Waals surface area contributed by atoms with E-state index in [0.717, 1.165) is 17.7 Å². The lowest BCUT2D eigenvalue weighted by Crippen LogP contribution is -2.37. The van der Waals surface area contributed by atoms with E-state index in [0.29, 0.717) is 51.2 Å². The third kappa shape index (κ3) is 5.73. The normalized spacial score (nSPS) is 14.4. The van der Waals surface area contributed by atoms with Crippen LogP contribution in [-0.4, -0.2) is 59.5 Å². The predicted molar refractivity (Wildman–Crippen MR) is 111 cm³/mol. The van der Waals surface area contributed by atoms with E-state index in [-0.39, 0.29) is 17.6 Å². The first-order valence-corrected chi connectivity index (χ1v) is 10.1. The summed E-state index contributed by atoms with van der Waals surface area (Å²) in [5.41, 5.74) is 1.56. The number of phenols is 1. The Morgan fingerprint density at radius 3 is 2.55 bits per heavy atom. The van der Waals surface area contributed by atoms with Gasteiger partial charge in [-0.25, -0.2) is 0 Å². The van der Waals surface area contributed by atoms with Crippen LogP contribution in [-0.2, 0) is 4.79 Å². The number of nitrogens with zero attached hydrogens (tertiary/aromatic N) is 2. The second-order valence-electron chi connectivity index (χ2n) is 7.29. The number of phenolic OH excluding ortho intramolecular Hbond substituents is 1. The number of hydrogen-bond donors (Lipinski definition) is 1. The highest BCUT2D eigenvalue weighted by molar-refractivity contribution is 5.94. The lowest BCUT2D eigenvalue weighted by atomic mass is 10.2. The molecule has 29 heavy (non-hydrogen) atoms. The zero-order chi connectivity index (χ0) is 20.6. The van der Waals surface area contributed by atoms with E-state index < -0.39 is 0 Å². The molecule has 0 atom stereocenters. The molecule has 2 amide bonds. The molecule has 1 aliphatic rings. The first kappa shape index (κ1) is 20.7. The summed E-state index contributed by atoms with van der Waals surface area (Å²) in [7, 11) is 0. The van der Waals surface area contributed by atoms with Crippen LogP contribution >= 0.6 is 0 Å². The number of ether oxygens (including phenoxy) is 1. The van der Waals surface area contributed by atoms with Gasteiger partial charge in [-0.3, -0.25) is 9.59 Å². The molecular weight excluding hydrogens is 368 g/mol. The van der Waals surface area contributed by atoms with Gasteiger partial charge in [0.1, 0.15) is 11.5 Å². The van der Waals surface area contributed by atoms with E-state index in [1.807, 2.05) is 36.1 Å². The van der Waals surface area contributed by atoms with Crippen LogP contribution in [0.5, 0.6) is 11.5 Å². The van der Waals surface area contributed by atoms with E-state index in [2.05, 4.69) is 0 Å². The van der Waals surface area contributed by atoms with Crippen LogP contribution < -0.4 is 4.74 Å². The fraction of sp³-hybridized carbons (Fsp3) is 0.391. The molecule has 3 rings (SSSR count). The summed E-state index contributed by atoms with van der Waals surface area (Å²) in [6.45, 7) is 4.80. The van der Waals surface area contributed by atoms with Crippen LogP contribution in [0.2, 0.25) is 0 Å². The Kier molecular flexibility index (Phi) is 7.11. The van der Waals surface area contributed by atoms with Crippen LogP contribution in [0.4, 0.5) is 0 Å². The number of carbonyl (C=O) groups excluding carboxylic acids is 2. The molecule has 0 bridgehead atoms. The average molecular weight is 396 g/mol. The minimum absolute atomic E-state index is 0.0791. The molecule has 0 saturated carbocycles. The molecular formula is C23H28N2O4. The zero-order valence-electron chi connectivity index (χ0n) is 16.8. The Morgan fingerprint density at radius 2 is 1.76 bits per heavy atom. The van der Waals surface area contributed by atoms with Gasteiger partial charge in [0, 0.05) is 38.2 Å². The molecule has 6 nitrogen and oxygen atoms in total. The summed E-state index contributed by atoms with van der Waals surface area (Å²) in [6, 6.07) is 14.2. The third-order valence-electron chi connectivity index (χ3n) is 5.12. The fourth-order valence-corrected chi connectivity index (χ4v) is 3.47. The number of para-hydroxylation sites is 1. The molecule has 154 valence electrons. The Morgan fingerprint density at radius 1 is 1.00 bits per heavy atom. The van der Waals surface area contributed by atoms with E-state index in [4.69, 9.17) is 4.74 Å². The maximum absolute atomic E-state index is 12.6. The molecule has 2 aromatic carbocycles. The first-order chi connectivity index (χ1) is 14.0. The second kappa shape index (κ2) is 9.96. The number of rotatable bonds is 6. The third-order valence-corrected chi connectivity index (χ3v) is 5.12. The molecule has 0 aliphatic carbocycles. The number of benzene rings is 2. The van der Waals surface area contributed by atoms with Crippen LogP contribution in [0.25, 0.3) is 0 Å². The van der Waals surface area contributed by atoms with Gasteiger partial charge >= 0.3 is 0 Å². The van der Waals surface area contributed by atoms with Crippen molar-refractivity contribution in [1.82, 2.24) is 9.80 Å². The van der Waals surface area contributed by atoms with Gasteiger partial charge in [-0.1, -0.05) is 24.3 Å². The molecule has 1 saturated heterocycles. The van der Waals surface area contributed by atoms with Gasteiger partial charge in [0.05, 0.1) is 6.61 Å². The second-order valence-corrected chi connectivity index (χ2v) is 7.29. The smallest absolute Gasteiger partial charge is 0.254 e. The SMILES string of the molecule is Cc1ccccc1OCCCC(=O)N1CCCN(C(=O)c2cccc(O)c2)CC1. The van der Waals surface area contributed by atoms with Crippen molar-refractivity contribution in [3.8, 4) is 11.5 Å². The van der Waals surface area contributed by atoms with Crippen molar-refractivity contribution in [2.24, 2.45) is 0 Å². The van der Waals surface area contributed by atoms with Crippen LogP contribution in [0.1, 0.15) is 35.2 Å². The number of amides is 2. The molecule has 1 aliphatic heterocycles. The van der Waals surface area contributed by atoms with Crippen molar-refractivity contribution in [3.63, 3.8) is 0 Å². The van der Waals surface area contributed by atoms with Gasteiger partial charge in [-0.15, -0.1) is 0 Å². The maximum atomic E-state index is 12.6. The summed E-state index contributed by atoms with van der Waals surface area (Å²) >= 11 is 0. The van der Waals surface area contributed by atoms with Gasteiger partial charge in [0.25, 0.3) is 5.91 Å². The maximum Gasteiger partial charge on any atom is 0.254 e. The van der Waals surface area contributed by atoms with Gasteiger partial charge in [0.2, 0.25) is 5.91 Å². The molecule has 6 heteroatoms. The highest BCUT2D eigenvalue weighted by atomic mass is 16.5. The van der Waals surface area contributed by atoms with E-state index >= 15 is 0 Å². The number of hydrogen-bond acceptors (Lipinski definition) is 4. The Hall–Kier alpha value is -3.02. The van der Waals surface area contributed by atoms with Crippen molar-refractivity contribution >= 4 is 11.8 Å². The van der Waals surface area contributed by atoms with Gasteiger partial charge in [0.15, 0.2) is 0 Å². The summed E-state index contributed by atoms with van der Waals surface area (Å²) in [5, 5.41) is 9.59. The minimum Gasteiger partial charge on any atom is -0.508 e. The summed E-state index contributed by atoms with van der Waals surface area (Å²) in [4.78, 5) is 28.8. The number of aromatic hydroxyl groups is 1. The predicted octanol–water partition coefficient (Wildman–Crippen LogP) is 3.23. The Labute approximate surface area is 171 Å². The van der Waals surface area contributed by atoms with E-state index in [1.165, 1.54) is 6.07 Å². The quantitative estimate of drug-likeness (QED) is 0.761. The van der Waals surface area contributed by atoms with Crippen LogP contribution in [0.3, 0.4) is 0 Å².